The van der Waals surface area contributed by atoms with E-state index in [2.05, 4.69) is 0 Å². The van der Waals surface area contributed by atoms with Crippen LogP contribution in [-0.2, 0) is 0 Å². The lowest BCUT2D eigenvalue weighted by Gasteiger charge is -1.99. The SMILES string of the molecule is Cc1ccc(/C=C/C(=O)c2ccccc2)cc1Cl. The Morgan fingerprint density at radius 1 is 1.11 bits per heavy atom. The van der Waals surface area contributed by atoms with Gasteiger partial charge in [-0.25, -0.2) is 0 Å². The van der Waals surface area contributed by atoms with Gasteiger partial charge in [0.2, 0.25) is 0 Å². The minimum Gasteiger partial charge on any atom is -0.289 e. The van der Waals surface area contributed by atoms with Crippen LogP contribution in [0.5, 0.6) is 0 Å². The number of rotatable bonds is 3. The summed E-state index contributed by atoms with van der Waals surface area (Å²) in [5, 5.41) is 0.712. The summed E-state index contributed by atoms with van der Waals surface area (Å²) < 4.78 is 0. The van der Waals surface area contributed by atoms with E-state index in [1.165, 1.54) is 0 Å². The molecule has 0 aliphatic carbocycles. The largest absolute Gasteiger partial charge is 0.289 e. The maximum atomic E-state index is 11.9. The first-order valence-electron chi connectivity index (χ1n) is 5.70. The van der Waals surface area contributed by atoms with Gasteiger partial charge in [-0.15, -0.1) is 0 Å². The average molecular weight is 257 g/mol. The molecule has 1 nitrogen and oxygen atoms in total. The number of hydrogen-bond acceptors (Lipinski definition) is 1. The third kappa shape index (κ3) is 3.08. The lowest BCUT2D eigenvalue weighted by Crippen LogP contribution is -1.92. The molecule has 0 spiro atoms. The summed E-state index contributed by atoms with van der Waals surface area (Å²) in [6.07, 6.45) is 3.34. The average Bonchev–Trinajstić information content (AvgIpc) is 2.41. The van der Waals surface area contributed by atoms with E-state index in [1.54, 1.807) is 24.3 Å². The molecule has 0 aliphatic heterocycles. The van der Waals surface area contributed by atoms with Crippen LogP contribution in [0.4, 0.5) is 0 Å². The molecule has 2 aromatic rings. The van der Waals surface area contributed by atoms with Gasteiger partial charge in [-0.05, 0) is 30.2 Å². The van der Waals surface area contributed by atoms with Crippen LogP contribution in [0, 0.1) is 6.92 Å². The van der Waals surface area contributed by atoms with E-state index in [0.29, 0.717) is 10.6 Å². The van der Waals surface area contributed by atoms with Crippen LogP contribution in [0.1, 0.15) is 21.5 Å². The van der Waals surface area contributed by atoms with E-state index in [9.17, 15) is 4.79 Å². The summed E-state index contributed by atoms with van der Waals surface area (Å²) >= 11 is 6.03. The molecule has 2 aromatic carbocycles. The van der Waals surface area contributed by atoms with E-state index >= 15 is 0 Å². The van der Waals surface area contributed by atoms with Crippen LogP contribution >= 0.6 is 11.6 Å². The summed E-state index contributed by atoms with van der Waals surface area (Å²) in [5.41, 5.74) is 2.64. The van der Waals surface area contributed by atoms with Gasteiger partial charge in [0.05, 0.1) is 0 Å². The van der Waals surface area contributed by atoms with Crippen LogP contribution in [0.15, 0.2) is 54.6 Å². The summed E-state index contributed by atoms with van der Waals surface area (Å²) in [4.78, 5) is 11.9. The van der Waals surface area contributed by atoms with Crippen LogP contribution in [-0.4, -0.2) is 5.78 Å². The second kappa shape index (κ2) is 5.65. The third-order valence-electron chi connectivity index (χ3n) is 2.68. The maximum Gasteiger partial charge on any atom is 0.185 e. The monoisotopic (exact) mass is 256 g/mol. The van der Waals surface area contributed by atoms with Gasteiger partial charge in [-0.1, -0.05) is 60.1 Å². The second-order valence-corrected chi connectivity index (χ2v) is 4.48. The van der Waals surface area contributed by atoms with Gasteiger partial charge in [0.15, 0.2) is 5.78 Å². The first-order valence-corrected chi connectivity index (χ1v) is 6.08. The molecule has 0 amide bonds. The molecule has 0 heterocycles. The molecule has 0 aliphatic rings. The van der Waals surface area contributed by atoms with E-state index in [0.717, 1.165) is 11.1 Å². The first kappa shape index (κ1) is 12.6. The Labute approximate surface area is 112 Å². The smallest absolute Gasteiger partial charge is 0.185 e. The molecular weight excluding hydrogens is 244 g/mol. The molecule has 2 rings (SSSR count). The minimum atomic E-state index is -0.00713. The molecule has 0 saturated heterocycles. The summed E-state index contributed by atoms with van der Waals surface area (Å²) in [7, 11) is 0. The van der Waals surface area contributed by atoms with Crippen molar-refractivity contribution in [3.63, 3.8) is 0 Å². The molecule has 0 aromatic heterocycles. The highest BCUT2D eigenvalue weighted by Gasteiger charge is 2.00. The standard InChI is InChI=1S/C16H13ClO/c1-12-7-8-13(11-15(12)17)9-10-16(18)14-5-3-2-4-6-14/h2-11H,1H3/b10-9+. The Morgan fingerprint density at radius 2 is 1.83 bits per heavy atom. The zero-order chi connectivity index (χ0) is 13.0. The third-order valence-corrected chi connectivity index (χ3v) is 3.09. The highest BCUT2D eigenvalue weighted by Crippen LogP contribution is 2.17. The van der Waals surface area contributed by atoms with Crippen molar-refractivity contribution in [1.82, 2.24) is 0 Å². The number of ketones is 1. The second-order valence-electron chi connectivity index (χ2n) is 4.07. The lowest BCUT2D eigenvalue weighted by molar-refractivity contribution is 0.104. The van der Waals surface area contributed by atoms with Crippen LogP contribution in [0.3, 0.4) is 0 Å². The van der Waals surface area contributed by atoms with Gasteiger partial charge in [0.25, 0.3) is 0 Å². The van der Waals surface area contributed by atoms with Gasteiger partial charge in [0, 0.05) is 10.6 Å². The Balaban J connectivity index is 2.16. The topological polar surface area (TPSA) is 17.1 Å². The molecule has 0 unspecified atom stereocenters. The first-order chi connectivity index (χ1) is 8.66. The van der Waals surface area contributed by atoms with Crippen LogP contribution in [0.25, 0.3) is 6.08 Å². The Hall–Kier alpha value is -1.86. The Bertz CT molecular complexity index is 585. The molecular formula is C16H13ClO. The van der Waals surface area contributed by atoms with Crippen LogP contribution in [0.2, 0.25) is 5.02 Å². The Morgan fingerprint density at radius 3 is 2.50 bits per heavy atom. The molecule has 0 bridgehead atoms. The van der Waals surface area contributed by atoms with Crippen molar-refractivity contribution in [3.8, 4) is 0 Å². The number of carbonyl (C=O) groups is 1. The normalized spacial score (nSPS) is 10.8. The maximum absolute atomic E-state index is 11.9. The molecule has 0 N–H and O–H groups in total. The van der Waals surface area contributed by atoms with Crippen molar-refractivity contribution in [2.24, 2.45) is 0 Å². The van der Waals surface area contributed by atoms with Crippen molar-refractivity contribution < 1.29 is 4.79 Å². The molecule has 0 radical (unpaired) electrons. The molecule has 0 saturated carbocycles. The number of hydrogen-bond donors (Lipinski definition) is 0. The number of carbonyl (C=O) groups excluding carboxylic acids is 1. The molecule has 18 heavy (non-hydrogen) atoms. The summed E-state index contributed by atoms with van der Waals surface area (Å²) in [6, 6.07) is 14.9. The number of aryl methyl sites for hydroxylation is 1. The fourth-order valence-electron chi connectivity index (χ4n) is 1.58. The van der Waals surface area contributed by atoms with Crippen molar-refractivity contribution in [1.29, 1.82) is 0 Å². The lowest BCUT2D eigenvalue weighted by atomic mass is 10.1. The fourth-order valence-corrected chi connectivity index (χ4v) is 1.77. The fraction of sp³-hybridized carbons (Fsp3) is 0.0625. The number of halogens is 1. The van der Waals surface area contributed by atoms with E-state index in [-0.39, 0.29) is 5.78 Å². The van der Waals surface area contributed by atoms with Crippen molar-refractivity contribution in [3.05, 3.63) is 76.3 Å². The van der Waals surface area contributed by atoms with Crippen molar-refractivity contribution in [2.45, 2.75) is 6.92 Å². The molecule has 90 valence electrons. The zero-order valence-corrected chi connectivity index (χ0v) is 10.8. The van der Waals surface area contributed by atoms with Crippen molar-refractivity contribution in [2.75, 3.05) is 0 Å². The van der Waals surface area contributed by atoms with E-state index in [4.69, 9.17) is 11.6 Å². The van der Waals surface area contributed by atoms with Crippen molar-refractivity contribution >= 4 is 23.5 Å². The molecule has 0 atom stereocenters. The van der Waals surface area contributed by atoms with Gasteiger partial charge < -0.3 is 0 Å². The van der Waals surface area contributed by atoms with E-state index in [1.807, 2.05) is 43.3 Å². The number of allylic oxidation sites excluding steroid dienone is 1. The Kier molecular flexibility index (Phi) is 3.96. The number of benzene rings is 2. The highest BCUT2D eigenvalue weighted by atomic mass is 35.5. The quantitative estimate of drug-likeness (QED) is 0.582. The van der Waals surface area contributed by atoms with Gasteiger partial charge in [-0.2, -0.15) is 0 Å². The van der Waals surface area contributed by atoms with Gasteiger partial charge >= 0.3 is 0 Å². The predicted octanol–water partition coefficient (Wildman–Crippen LogP) is 4.54. The van der Waals surface area contributed by atoms with Gasteiger partial charge in [-0.3, -0.25) is 4.79 Å². The molecule has 2 heteroatoms. The highest BCUT2D eigenvalue weighted by molar-refractivity contribution is 6.31. The van der Waals surface area contributed by atoms with Gasteiger partial charge in [0.1, 0.15) is 0 Å². The predicted molar refractivity (Wildman–Crippen MR) is 76.0 cm³/mol. The minimum absolute atomic E-state index is 0.00713. The zero-order valence-electron chi connectivity index (χ0n) is 10.1. The summed E-state index contributed by atoms with van der Waals surface area (Å²) in [6.45, 7) is 1.95. The van der Waals surface area contributed by atoms with Crippen LogP contribution < -0.4 is 0 Å². The van der Waals surface area contributed by atoms with E-state index < -0.39 is 0 Å². The summed E-state index contributed by atoms with van der Waals surface area (Å²) in [5.74, 6) is -0.00713. The molecule has 0 fully saturated rings.